The zero-order valence-corrected chi connectivity index (χ0v) is 17.7. The highest BCUT2D eigenvalue weighted by Gasteiger charge is 2.22. The minimum atomic E-state index is 0.0225. The minimum absolute atomic E-state index is 0.0225. The van der Waals surface area contributed by atoms with Crippen LogP contribution in [0.15, 0.2) is 18.2 Å². The number of benzene rings is 1. The number of aryl methyl sites for hydroxylation is 1. The molecular weight excluding hydrogens is 374 g/mol. The van der Waals surface area contributed by atoms with Crippen LogP contribution < -0.4 is 14.8 Å². The van der Waals surface area contributed by atoms with Crippen LogP contribution in [0.1, 0.15) is 18.4 Å². The molecule has 8 heteroatoms. The Morgan fingerprint density at radius 2 is 1.76 bits per heavy atom. The first-order chi connectivity index (χ1) is 14.1. The molecule has 1 aromatic rings. The summed E-state index contributed by atoms with van der Waals surface area (Å²) in [5.74, 6) is 1.52. The van der Waals surface area contributed by atoms with E-state index in [9.17, 15) is 9.59 Å². The molecule has 0 spiro atoms. The van der Waals surface area contributed by atoms with Crippen LogP contribution in [0.2, 0.25) is 0 Å². The number of hydrogen-bond donors (Lipinski definition) is 1. The van der Waals surface area contributed by atoms with Crippen LogP contribution in [-0.2, 0) is 20.7 Å². The van der Waals surface area contributed by atoms with E-state index in [2.05, 4.69) is 10.2 Å². The number of methoxy groups -OCH3 is 3. The van der Waals surface area contributed by atoms with Crippen molar-refractivity contribution in [1.29, 1.82) is 0 Å². The van der Waals surface area contributed by atoms with Crippen LogP contribution >= 0.6 is 0 Å². The lowest BCUT2D eigenvalue weighted by atomic mass is 10.1. The molecule has 1 fully saturated rings. The number of carbonyl (C=O) groups excluding carboxylic acids is 2. The van der Waals surface area contributed by atoms with Gasteiger partial charge in [-0.2, -0.15) is 0 Å². The smallest absolute Gasteiger partial charge is 0.234 e. The first kappa shape index (κ1) is 23.0. The van der Waals surface area contributed by atoms with Gasteiger partial charge in [0.15, 0.2) is 11.5 Å². The fraction of sp³-hybridized carbons (Fsp3) is 0.619. The lowest BCUT2D eigenvalue weighted by Crippen LogP contribution is -2.51. The molecule has 1 aromatic carbocycles. The molecule has 0 radical (unpaired) electrons. The Bertz CT molecular complexity index is 660. The highest BCUT2D eigenvalue weighted by molar-refractivity contribution is 5.78. The Balaban J connectivity index is 1.70. The number of hydrogen-bond acceptors (Lipinski definition) is 6. The summed E-state index contributed by atoms with van der Waals surface area (Å²) in [6.07, 6.45) is 1.92. The van der Waals surface area contributed by atoms with E-state index in [1.54, 1.807) is 21.3 Å². The number of amides is 2. The monoisotopic (exact) mass is 407 g/mol. The largest absolute Gasteiger partial charge is 0.493 e. The maximum Gasteiger partial charge on any atom is 0.234 e. The Kier molecular flexibility index (Phi) is 9.73. The lowest BCUT2D eigenvalue weighted by Gasteiger charge is -2.34. The molecule has 8 nitrogen and oxygen atoms in total. The minimum Gasteiger partial charge on any atom is -0.493 e. The van der Waals surface area contributed by atoms with E-state index in [1.807, 2.05) is 23.1 Å². The van der Waals surface area contributed by atoms with Crippen LogP contribution in [0.25, 0.3) is 0 Å². The summed E-state index contributed by atoms with van der Waals surface area (Å²) in [5, 5.41) is 2.89. The molecule has 1 aliphatic heterocycles. The quantitative estimate of drug-likeness (QED) is 0.550. The summed E-state index contributed by atoms with van der Waals surface area (Å²) >= 11 is 0. The molecule has 0 unspecified atom stereocenters. The number of ether oxygens (including phenoxy) is 3. The van der Waals surface area contributed by atoms with Crippen LogP contribution in [-0.4, -0.2) is 88.8 Å². The van der Waals surface area contributed by atoms with Gasteiger partial charge in [0, 0.05) is 52.9 Å². The van der Waals surface area contributed by atoms with Crippen LogP contribution in [0.5, 0.6) is 11.5 Å². The second-order valence-electron chi connectivity index (χ2n) is 7.04. The van der Waals surface area contributed by atoms with Crippen LogP contribution in [0.3, 0.4) is 0 Å². The normalized spacial score (nSPS) is 14.5. The zero-order valence-electron chi connectivity index (χ0n) is 17.7. The third-order valence-corrected chi connectivity index (χ3v) is 5.02. The van der Waals surface area contributed by atoms with Crippen molar-refractivity contribution >= 4 is 11.8 Å². The molecule has 0 saturated carbocycles. The predicted octanol–water partition coefficient (Wildman–Crippen LogP) is 0.933. The molecule has 0 aromatic heterocycles. The van der Waals surface area contributed by atoms with Gasteiger partial charge in [0.2, 0.25) is 11.8 Å². The molecule has 1 saturated heterocycles. The van der Waals surface area contributed by atoms with Gasteiger partial charge >= 0.3 is 0 Å². The number of nitrogens with one attached hydrogen (secondary N) is 1. The average Bonchev–Trinajstić information content (AvgIpc) is 2.75. The molecule has 1 N–H and O–H groups in total. The van der Waals surface area contributed by atoms with Gasteiger partial charge in [0.1, 0.15) is 0 Å². The molecule has 29 heavy (non-hydrogen) atoms. The number of carbonyl (C=O) groups is 2. The van der Waals surface area contributed by atoms with Crippen molar-refractivity contribution in [2.45, 2.75) is 19.3 Å². The zero-order chi connectivity index (χ0) is 21.1. The topological polar surface area (TPSA) is 80.3 Å². The maximum absolute atomic E-state index is 12.5. The molecule has 1 heterocycles. The van der Waals surface area contributed by atoms with Gasteiger partial charge in [0.05, 0.1) is 20.8 Å². The Labute approximate surface area is 173 Å². The maximum atomic E-state index is 12.5. The Morgan fingerprint density at radius 1 is 1.03 bits per heavy atom. The molecule has 162 valence electrons. The van der Waals surface area contributed by atoms with E-state index < -0.39 is 0 Å². The van der Waals surface area contributed by atoms with E-state index in [4.69, 9.17) is 14.2 Å². The van der Waals surface area contributed by atoms with Gasteiger partial charge in [-0.25, -0.2) is 0 Å². The summed E-state index contributed by atoms with van der Waals surface area (Å²) < 4.78 is 15.5. The summed E-state index contributed by atoms with van der Waals surface area (Å²) in [5.41, 5.74) is 1.04. The lowest BCUT2D eigenvalue weighted by molar-refractivity contribution is -0.133. The van der Waals surface area contributed by atoms with E-state index in [0.717, 1.165) is 12.0 Å². The van der Waals surface area contributed by atoms with E-state index in [1.165, 1.54) is 0 Å². The van der Waals surface area contributed by atoms with Gasteiger partial charge < -0.3 is 24.4 Å². The first-order valence-electron chi connectivity index (χ1n) is 10.0. The summed E-state index contributed by atoms with van der Waals surface area (Å²) in [4.78, 5) is 28.5. The van der Waals surface area contributed by atoms with Crippen molar-refractivity contribution in [3.05, 3.63) is 23.8 Å². The summed E-state index contributed by atoms with van der Waals surface area (Å²) in [7, 11) is 4.86. The van der Waals surface area contributed by atoms with Crippen molar-refractivity contribution in [2.24, 2.45) is 0 Å². The van der Waals surface area contributed by atoms with Crippen molar-refractivity contribution in [2.75, 3.05) is 67.2 Å². The SMILES string of the molecule is COCCCNC(=O)CN1CCN(C(=O)CCc2ccc(OC)c(OC)c2)CC1. The molecular formula is C21H33N3O5. The molecule has 0 atom stereocenters. The third-order valence-electron chi connectivity index (χ3n) is 5.02. The Morgan fingerprint density at radius 3 is 2.41 bits per heavy atom. The second-order valence-corrected chi connectivity index (χ2v) is 7.04. The molecule has 0 aliphatic carbocycles. The van der Waals surface area contributed by atoms with Crippen molar-refractivity contribution in [3.8, 4) is 11.5 Å². The van der Waals surface area contributed by atoms with E-state index >= 15 is 0 Å². The van der Waals surface area contributed by atoms with Crippen molar-refractivity contribution in [1.82, 2.24) is 15.1 Å². The highest BCUT2D eigenvalue weighted by Crippen LogP contribution is 2.28. The molecule has 1 aliphatic rings. The van der Waals surface area contributed by atoms with Gasteiger partial charge in [-0.1, -0.05) is 6.07 Å². The summed E-state index contributed by atoms with van der Waals surface area (Å²) in [6, 6.07) is 5.73. The first-order valence-corrected chi connectivity index (χ1v) is 10.0. The number of piperazine rings is 1. The second kappa shape index (κ2) is 12.3. The van der Waals surface area contributed by atoms with Crippen molar-refractivity contribution in [3.63, 3.8) is 0 Å². The Hall–Kier alpha value is -2.32. The summed E-state index contributed by atoms with van der Waals surface area (Å²) in [6.45, 7) is 4.39. The number of rotatable bonds is 11. The fourth-order valence-corrected chi connectivity index (χ4v) is 3.30. The van der Waals surface area contributed by atoms with Gasteiger partial charge in [-0.05, 0) is 30.5 Å². The number of nitrogens with zero attached hydrogens (tertiary/aromatic N) is 2. The van der Waals surface area contributed by atoms with Gasteiger partial charge in [0.25, 0.3) is 0 Å². The van der Waals surface area contributed by atoms with Crippen molar-refractivity contribution < 1.29 is 23.8 Å². The van der Waals surface area contributed by atoms with E-state index in [0.29, 0.717) is 70.2 Å². The predicted molar refractivity (Wildman–Crippen MR) is 110 cm³/mol. The van der Waals surface area contributed by atoms with Crippen LogP contribution in [0.4, 0.5) is 0 Å². The fourth-order valence-electron chi connectivity index (χ4n) is 3.30. The molecule has 2 amide bonds. The molecule has 0 bridgehead atoms. The highest BCUT2D eigenvalue weighted by atomic mass is 16.5. The van der Waals surface area contributed by atoms with Gasteiger partial charge in [-0.3, -0.25) is 14.5 Å². The standard InChI is InChI=1S/C21H33N3O5/c1-27-14-4-9-22-20(25)16-23-10-12-24(13-11-23)21(26)8-6-17-5-7-18(28-2)19(15-17)29-3/h5,7,15H,4,6,8-14,16H2,1-3H3,(H,22,25). The van der Waals surface area contributed by atoms with Gasteiger partial charge in [-0.15, -0.1) is 0 Å². The molecule has 2 rings (SSSR count). The van der Waals surface area contributed by atoms with Crippen LogP contribution in [0, 0.1) is 0 Å². The average molecular weight is 408 g/mol. The third kappa shape index (κ3) is 7.55. The van der Waals surface area contributed by atoms with E-state index in [-0.39, 0.29) is 11.8 Å².